The molecule has 2 aliphatic rings. The van der Waals surface area contributed by atoms with Crippen molar-refractivity contribution in [2.45, 2.75) is 25.7 Å². The minimum Gasteiger partial charge on any atom is -0.293 e. The van der Waals surface area contributed by atoms with Gasteiger partial charge in [0.2, 0.25) is 0 Å². The summed E-state index contributed by atoms with van der Waals surface area (Å²) in [5, 5.41) is 0. The van der Waals surface area contributed by atoms with E-state index < -0.39 is 0 Å². The van der Waals surface area contributed by atoms with Gasteiger partial charge in [-0.15, -0.1) is 11.3 Å². The van der Waals surface area contributed by atoms with Crippen molar-refractivity contribution in [2.75, 3.05) is 0 Å². The van der Waals surface area contributed by atoms with Gasteiger partial charge in [-0.3, -0.25) is 4.79 Å². The van der Waals surface area contributed by atoms with Gasteiger partial charge in [0.25, 0.3) is 0 Å². The van der Waals surface area contributed by atoms with Crippen LogP contribution in [0.5, 0.6) is 0 Å². The highest BCUT2D eigenvalue weighted by Gasteiger charge is 2.43. The number of hydrogen-bond acceptors (Lipinski definition) is 2. The molecular weight excluding hydrogens is 308 g/mol. The standard InChI is InChI=1S/C12H12BrClOS/c13-9-5-10(16-12(9)14)11(15)8-4-6-1-2-7(8)3-6/h5-8H,1-4H2. The lowest BCUT2D eigenvalue weighted by atomic mass is 9.85. The van der Waals surface area contributed by atoms with Gasteiger partial charge in [0.1, 0.15) is 4.34 Å². The number of halogens is 2. The summed E-state index contributed by atoms with van der Waals surface area (Å²) in [6, 6.07) is 1.88. The van der Waals surface area contributed by atoms with E-state index in [0.717, 1.165) is 21.7 Å². The first-order valence-electron chi connectivity index (χ1n) is 5.64. The van der Waals surface area contributed by atoms with Crippen molar-refractivity contribution in [1.29, 1.82) is 0 Å². The Labute approximate surface area is 112 Å². The molecule has 4 heteroatoms. The van der Waals surface area contributed by atoms with E-state index in [4.69, 9.17) is 11.6 Å². The van der Waals surface area contributed by atoms with Crippen molar-refractivity contribution >= 4 is 44.7 Å². The van der Waals surface area contributed by atoms with Crippen molar-refractivity contribution in [2.24, 2.45) is 17.8 Å². The number of carbonyl (C=O) groups excluding carboxylic acids is 1. The molecule has 1 aromatic rings. The van der Waals surface area contributed by atoms with E-state index in [0.29, 0.717) is 16.0 Å². The summed E-state index contributed by atoms with van der Waals surface area (Å²) >= 11 is 10.7. The predicted molar refractivity (Wildman–Crippen MR) is 70.3 cm³/mol. The van der Waals surface area contributed by atoms with E-state index in [1.54, 1.807) is 0 Å². The molecule has 0 saturated heterocycles. The molecule has 3 rings (SSSR count). The van der Waals surface area contributed by atoms with E-state index >= 15 is 0 Å². The first-order valence-corrected chi connectivity index (χ1v) is 7.63. The van der Waals surface area contributed by atoms with Gasteiger partial charge in [-0.1, -0.05) is 18.0 Å². The van der Waals surface area contributed by atoms with Crippen molar-refractivity contribution in [3.05, 3.63) is 19.8 Å². The number of rotatable bonds is 2. The van der Waals surface area contributed by atoms with Crippen LogP contribution in [0.4, 0.5) is 0 Å². The van der Waals surface area contributed by atoms with Gasteiger partial charge in [0.05, 0.1) is 4.88 Å². The molecule has 2 aliphatic carbocycles. The summed E-state index contributed by atoms with van der Waals surface area (Å²) in [6.07, 6.45) is 4.97. The Morgan fingerprint density at radius 1 is 1.44 bits per heavy atom. The van der Waals surface area contributed by atoms with Crippen LogP contribution >= 0.6 is 38.9 Å². The van der Waals surface area contributed by atoms with Gasteiger partial charge in [0, 0.05) is 10.4 Å². The molecule has 0 radical (unpaired) electrons. The molecule has 16 heavy (non-hydrogen) atoms. The third kappa shape index (κ3) is 1.77. The normalized spacial score (nSPS) is 32.2. The van der Waals surface area contributed by atoms with Gasteiger partial charge in [-0.2, -0.15) is 0 Å². The monoisotopic (exact) mass is 318 g/mol. The maximum atomic E-state index is 12.3. The fourth-order valence-electron chi connectivity index (χ4n) is 3.22. The van der Waals surface area contributed by atoms with Crippen molar-refractivity contribution in [3.63, 3.8) is 0 Å². The molecule has 3 atom stereocenters. The fraction of sp³-hybridized carbons (Fsp3) is 0.583. The molecule has 3 unspecified atom stereocenters. The third-order valence-electron chi connectivity index (χ3n) is 3.96. The van der Waals surface area contributed by atoms with Gasteiger partial charge in [0.15, 0.2) is 5.78 Å². The summed E-state index contributed by atoms with van der Waals surface area (Å²) < 4.78 is 1.54. The highest BCUT2D eigenvalue weighted by molar-refractivity contribution is 9.10. The van der Waals surface area contributed by atoms with E-state index in [-0.39, 0.29) is 5.92 Å². The average Bonchev–Trinajstić information content (AvgIpc) is 2.94. The average molecular weight is 320 g/mol. The maximum absolute atomic E-state index is 12.3. The van der Waals surface area contributed by atoms with E-state index in [1.807, 2.05) is 6.07 Å². The van der Waals surface area contributed by atoms with Gasteiger partial charge < -0.3 is 0 Å². The summed E-state index contributed by atoms with van der Waals surface area (Å²) in [5.74, 6) is 2.07. The van der Waals surface area contributed by atoms with Crippen LogP contribution in [0, 0.1) is 17.8 Å². The Balaban J connectivity index is 1.83. The van der Waals surface area contributed by atoms with Crippen molar-refractivity contribution in [1.82, 2.24) is 0 Å². The zero-order valence-electron chi connectivity index (χ0n) is 8.71. The lowest BCUT2D eigenvalue weighted by molar-refractivity contribution is 0.0879. The Morgan fingerprint density at radius 2 is 2.25 bits per heavy atom. The zero-order chi connectivity index (χ0) is 11.3. The Morgan fingerprint density at radius 3 is 2.75 bits per heavy atom. The van der Waals surface area contributed by atoms with Crippen LogP contribution in [0.15, 0.2) is 10.5 Å². The van der Waals surface area contributed by atoms with Crippen LogP contribution in [-0.4, -0.2) is 5.78 Å². The zero-order valence-corrected chi connectivity index (χ0v) is 11.9. The predicted octanol–water partition coefficient (Wildman–Crippen LogP) is 4.78. The number of fused-ring (bicyclic) bond motifs is 2. The molecule has 0 N–H and O–H groups in total. The van der Waals surface area contributed by atoms with Crippen LogP contribution in [0.2, 0.25) is 4.34 Å². The fourth-order valence-corrected chi connectivity index (χ4v) is 4.92. The van der Waals surface area contributed by atoms with Gasteiger partial charge >= 0.3 is 0 Å². The molecule has 0 amide bonds. The highest BCUT2D eigenvalue weighted by atomic mass is 79.9. The summed E-state index contributed by atoms with van der Waals surface area (Å²) in [7, 11) is 0. The smallest absolute Gasteiger partial charge is 0.176 e. The SMILES string of the molecule is O=C(c1cc(Br)c(Cl)s1)C1CC2CCC1C2. The first kappa shape index (κ1) is 11.2. The number of carbonyl (C=O) groups is 1. The number of ketones is 1. The second-order valence-corrected chi connectivity index (χ2v) is 7.39. The van der Waals surface area contributed by atoms with Crippen molar-refractivity contribution in [3.8, 4) is 0 Å². The van der Waals surface area contributed by atoms with Gasteiger partial charge in [-0.05, 0) is 53.1 Å². The lowest BCUT2D eigenvalue weighted by Gasteiger charge is -2.19. The second kappa shape index (κ2) is 4.11. The minimum atomic E-state index is 0.278. The molecule has 2 saturated carbocycles. The lowest BCUT2D eigenvalue weighted by Crippen LogP contribution is -2.20. The molecule has 86 valence electrons. The minimum absolute atomic E-state index is 0.278. The molecular formula is C12H12BrClOS. The van der Waals surface area contributed by atoms with E-state index in [9.17, 15) is 4.79 Å². The van der Waals surface area contributed by atoms with E-state index in [2.05, 4.69) is 15.9 Å². The van der Waals surface area contributed by atoms with Crippen LogP contribution in [-0.2, 0) is 0 Å². The number of thiophene rings is 1. The van der Waals surface area contributed by atoms with Gasteiger partial charge in [-0.25, -0.2) is 0 Å². The highest BCUT2D eigenvalue weighted by Crippen LogP contribution is 2.50. The summed E-state index contributed by atoms with van der Waals surface area (Å²) in [6.45, 7) is 0. The Kier molecular flexibility index (Phi) is 2.89. The number of Topliss-reactive ketones (excluding diaryl/α,β-unsaturated/α-hetero) is 1. The van der Waals surface area contributed by atoms with Crippen LogP contribution in [0.3, 0.4) is 0 Å². The molecule has 2 bridgehead atoms. The topological polar surface area (TPSA) is 17.1 Å². The molecule has 1 heterocycles. The number of hydrogen-bond donors (Lipinski definition) is 0. The quantitative estimate of drug-likeness (QED) is 0.717. The second-order valence-electron chi connectivity index (χ2n) is 4.88. The Bertz CT molecular complexity index is 423. The molecule has 0 aliphatic heterocycles. The molecule has 0 spiro atoms. The van der Waals surface area contributed by atoms with Crippen LogP contribution in [0.1, 0.15) is 35.4 Å². The molecule has 0 aromatic carbocycles. The molecule has 2 fully saturated rings. The summed E-state index contributed by atoms with van der Waals surface area (Å²) in [5.41, 5.74) is 0. The van der Waals surface area contributed by atoms with Crippen LogP contribution < -0.4 is 0 Å². The first-order chi connectivity index (χ1) is 7.65. The molecule has 1 aromatic heterocycles. The van der Waals surface area contributed by atoms with E-state index in [1.165, 1.54) is 30.6 Å². The van der Waals surface area contributed by atoms with Crippen molar-refractivity contribution < 1.29 is 4.79 Å². The maximum Gasteiger partial charge on any atom is 0.176 e. The molecule has 1 nitrogen and oxygen atoms in total. The summed E-state index contributed by atoms with van der Waals surface area (Å²) in [4.78, 5) is 13.2. The third-order valence-corrected chi connectivity index (χ3v) is 6.45. The Hall–Kier alpha value is 0.140. The largest absolute Gasteiger partial charge is 0.293 e. The van der Waals surface area contributed by atoms with Crippen LogP contribution in [0.25, 0.3) is 0 Å².